The van der Waals surface area contributed by atoms with Crippen molar-refractivity contribution in [1.82, 2.24) is 5.32 Å². The maximum absolute atomic E-state index is 11.6. The Bertz CT molecular complexity index is 396. The van der Waals surface area contributed by atoms with E-state index in [2.05, 4.69) is 19.2 Å². The summed E-state index contributed by atoms with van der Waals surface area (Å²) in [6.07, 6.45) is 0. The predicted octanol–water partition coefficient (Wildman–Crippen LogP) is 1.29. The van der Waals surface area contributed by atoms with Crippen LogP contribution in [0.25, 0.3) is 0 Å². The molecule has 14 heavy (non-hydrogen) atoms. The largest absolute Gasteiger partial charge is 0.399 e. The Hall–Kier alpha value is -1.51. The molecule has 0 aliphatic carbocycles. The molecule has 1 aromatic carbocycles. The molecule has 0 fully saturated rings. The summed E-state index contributed by atoms with van der Waals surface area (Å²) in [4.78, 5) is 11.6. The van der Waals surface area contributed by atoms with Gasteiger partial charge in [-0.05, 0) is 17.7 Å². The van der Waals surface area contributed by atoms with E-state index in [1.807, 2.05) is 12.1 Å². The molecule has 3 heteroatoms. The standard InChI is InChI=1S/C11H14N2O/c1-11(2)6-13-10(14)8-5-7(12)3-4-9(8)11/h3-5H,6,12H2,1-2H3,(H,13,14). The number of nitrogens with one attached hydrogen (secondary N) is 1. The zero-order chi connectivity index (χ0) is 10.3. The number of rotatable bonds is 0. The topological polar surface area (TPSA) is 55.1 Å². The summed E-state index contributed by atoms with van der Waals surface area (Å²) in [6, 6.07) is 5.54. The van der Waals surface area contributed by atoms with Crippen molar-refractivity contribution >= 4 is 11.6 Å². The molecular weight excluding hydrogens is 176 g/mol. The number of carbonyl (C=O) groups is 1. The summed E-state index contributed by atoms with van der Waals surface area (Å²) in [5.74, 6) is -0.0216. The Balaban J connectivity index is 2.63. The van der Waals surface area contributed by atoms with Gasteiger partial charge in [-0.2, -0.15) is 0 Å². The van der Waals surface area contributed by atoms with E-state index in [4.69, 9.17) is 5.73 Å². The van der Waals surface area contributed by atoms with E-state index in [1.54, 1.807) is 6.07 Å². The van der Waals surface area contributed by atoms with Crippen molar-refractivity contribution < 1.29 is 4.79 Å². The third kappa shape index (κ3) is 1.25. The third-order valence-corrected chi connectivity index (χ3v) is 2.71. The number of benzene rings is 1. The number of nitrogens with two attached hydrogens (primary N) is 1. The summed E-state index contributed by atoms with van der Waals surface area (Å²) < 4.78 is 0. The van der Waals surface area contributed by atoms with E-state index in [0.29, 0.717) is 17.8 Å². The van der Waals surface area contributed by atoms with Crippen molar-refractivity contribution in [2.24, 2.45) is 0 Å². The number of hydrogen-bond donors (Lipinski definition) is 2. The highest BCUT2D eigenvalue weighted by Gasteiger charge is 2.31. The van der Waals surface area contributed by atoms with Crippen LogP contribution in [0, 0.1) is 0 Å². The smallest absolute Gasteiger partial charge is 0.251 e. The summed E-state index contributed by atoms with van der Waals surface area (Å²) >= 11 is 0. The number of fused-ring (bicyclic) bond motifs is 1. The molecule has 1 heterocycles. The number of hydrogen-bond acceptors (Lipinski definition) is 2. The second-order valence-corrected chi connectivity index (χ2v) is 4.37. The zero-order valence-corrected chi connectivity index (χ0v) is 8.42. The van der Waals surface area contributed by atoms with Crippen molar-refractivity contribution in [3.05, 3.63) is 29.3 Å². The molecule has 1 aliphatic rings. The molecule has 0 saturated carbocycles. The minimum atomic E-state index is -0.0216. The molecule has 3 N–H and O–H groups in total. The SMILES string of the molecule is CC1(C)CNC(=O)c2cc(N)ccc21. The molecule has 0 unspecified atom stereocenters. The normalized spacial score (nSPS) is 18.6. The third-order valence-electron chi connectivity index (χ3n) is 2.71. The first-order valence-electron chi connectivity index (χ1n) is 4.69. The highest BCUT2D eigenvalue weighted by Crippen LogP contribution is 2.30. The monoisotopic (exact) mass is 190 g/mol. The van der Waals surface area contributed by atoms with E-state index in [1.165, 1.54) is 0 Å². The summed E-state index contributed by atoms with van der Waals surface area (Å²) in [5.41, 5.74) is 8.07. The van der Waals surface area contributed by atoms with E-state index in [-0.39, 0.29) is 11.3 Å². The highest BCUT2D eigenvalue weighted by molar-refractivity contribution is 5.98. The molecule has 74 valence electrons. The molecule has 2 rings (SSSR count). The lowest BCUT2D eigenvalue weighted by molar-refractivity contribution is 0.0930. The fraction of sp³-hybridized carbons (Fsp3) is 0.364. The maximum atomic E-state index is 11.6. The Morgan fingerprint density at radius 2 is 2.14 bits per heavy atom. The molecule has 0 radical (unpaired) electrons. The molecule has 0 atom stereocenters. The van der Waals surface area contributed by atoms with Gasteiger partial charge in [0.15, 0.2) is 0 Å². The predicted molar refractivity (Wildman–Crippen MR) is 56.2 cm³/mol. The van der Waals surface area contributed by atoms with Crippen molar-refractivity contribution in [2.75, 3.05) is 12.3 Å². The van der Waals surface area contributed by atoms with Crippen molar-refractivity contribution in [3.8, 4) is 0 Å². The minimum absolute atomic E-state index is 0.00303. The van der Waals surface area contributed by atoms with E-state index in [0.717, 1.165) is 5.56 Å². The van der Waals surface area contributed by atoms with Crippen LogP contribution in [0.5, 0.6) is 0 Å². The van der Waals surface area contributed by atoms with Crippen molar-refractivity contribution in [1.29, 1.82) is 0 Å². The lowest BCUT2D eigenvalue weighted by Crippen LogP contribution is -2.43. The van der Waals surface area contributed by atoms with Gasteiger partial charge >= 0.3 is 0 Å². The quantitative estimate of drug-likeness (QED) is 0.606. The lowest BCUT2D eigenvalue weighted by Gasteiger charge is -2.32. The first-order chi connectivity index (χ1) is 6.50. The zero-order valence-electron chi connectivity index (χ0n) is 8.42. The van der Waals surface area contributed by atoms with Crippen LogP contribution >= 0.6 is 0 Å². The molecule has 0 spiro atoms. The van der Waals surface area contributed by atoms with Gasteiger partial charge in [-0.15, -0.1) is 0 Å². The van der Waals surface area contributed by atoms with Crippen LogP contribution in [0.3, 0.4) is 0 Å². The lowest BCUT2D eigenvalue weighted by atomic mass is 9.79. The number of carbonyl (C=O) groups excluding carboxylic acids is 1. The fourth-order valence-corrected chi connectivity index (χ4v) is 1.83. The summed E-state index contributed by atoms with van der Waals surface area (Å²) in [5, 5.41) is 2.86. The van der Waals surface area contributed by atoms with Gasteiger partial charge < -0.3 is 11.1 Å². The average Bonchev–Trinajstić information content (AvgIpc) is 2.12. The molecule has 0 saturated heterocycles. The summed E-state index contributed by atoms with van der Waals surface area (Å²) in [6.45, 7) is 4.91. The Morgan fingerprint density at radius 3 is 2.86 bits per heavy atom. The molecule has 1 aliphatic heterocycles. The molecule has 3 nitrogen and oxygen atoms in total. The van der Waals surface area contributed by atoms with Gasteiger partial charge in [-0.1, -0.05) is 19.9 Å². The van der Waals surface area contributed by atoms with Crippen LogP contribution in [-0.4, -0.2) is 12.5 Å². The Labute approximate surface area is 83.3 Å². The van der Waals surface area contributed by atoms with Crippen LogP contribution in [0.1, 0.15) is 29.8 Å². The first-order valence-corrected chi connectivity index (χ1v) is 4.69. The molecule has 1 amide bonds. The molecule has 0 aromatic heterocycles. The van der Waals surface area contributed by atoms with Gasteiger partial charge in [-0.25, -0.2) is 0 Å². The summed E-state index contributed by atoms with van der Waals surface area (Å²) in [7, 11) is 0. The minimum Gasteiger partial charge on any atom is -0.399 e. The van der Waals surface area contributed by atoms with Gasteiger partial charge in [0.1, 0.15) is 0 Å². The van der Waals surface area contributed by atoms with Gasteiger partial charge in [0, 0.05) is 23.2 Å². The van der Waals surface area contributed by atoms with Crippen LogP contribution in [0.2, 0.25) is 0 Å². The second-order valence-electron chi connectivity index (χ2n) is 4.37. The van der Waals surface area contributed by atoms with Crippen LogP contribution < -0.4 is 11.1 Å². The van der Waals surface area contributed by atoms with E-state index >= 15 is 0 Å². The first kappa shape index (κ1) is 9.06. The van der Waals surface area contributed by atoms with Gasteiger partial charge in [0.25, 0.3) is 5.91 Å². The van der Waals surface area contributed by atoms with Crippen LogP contribution in [-0.2, 0) is 5.41 Å². The second kappa shape index (κ2) is 2.74. The van der Waals surface area contributed by atoms with Gasteiger partial charge in [-0.3, -0.25) is 4.79 Å². The van der Waals surface area contributed by atoms with E-state index < -0.39 is 0 Å². The Morgan fingerprint density at radius 1 is 1.43 bits per heavy atom. The number of anilines is 1. The van der Waals surface area contributed by atoms with Gasteiger partial charge in [0.2, 0.25) is 0 Å². The Kier molecular flexibility index (Phi) is 1.77. The van der Waals surface area contributed by atoms with Crippen molar-refractivity contribution in [2.45, 2.75) is 19.3 Å². The average molecular weight is 190 g/mol. The van der Waals surface area contributed by atoms with E-state index in [9.17, 15) is 4.79 Å². The molecular formula is C11H14N2O. The van der Waals surface area contributed by atoms with Crippen LogP contribution in [0.15, 0.2) is 18.2 Å². The van der Waals surface area contributed by atoms with Gasteiger partial charge in [0.05, 0.1) is 0 Å². The highest BCUT2D eigenvalue weighted by atomic mass is 16.1. The molecule has 1 aromatic rings. The van der Waals surface area contributed by atoms with Crippen LogP contribution in [0.4, 0.5) is 5.69 Å². The van der Waals surface area contributed by atoms with Crippen molar-refractivity contribution in [3.63, 3.8) is 0 Å². The molecule has 0 bridgehead atoms. The fourth-order valence-electron chi connectivity index (χ4n) is 1.83. The number of nitrogen functional groups attached to an aromatic ring is 1. The maximum Gasteiger partial charge on any atom is 0.251 e. The number of amides is 1.